The number of aryl methyl sites for hydroxylation is 1. The number of hydrogen-bond donors (Lipinski definition) is 0. The first-order chi connectivity index (χ1) is 12.8. The zero-order valence-electron chi connectivity index (χ0n) is 16.3. The molecule has 2 rings (SSSR count). The minimum absolute atomic E-state index is 0.00430. The number of benzene rings is 2. The van der Waals surface area contributed by atoms with E-state index < -0.39 is 17.6 Å². The van der Waals surface area contributed by atoms with Crippen LogP contribution in [0.2, 0.25) is 0 Å². The number of ether oxygens (including phenoxy) is 1. The average Bonchev–Trinajstić information content (AvgIpc) is 2.66. The molecule has 0 spiro atoms. The molecule has 2 aromatic rings. The lowest BCUT2D eigenvalue weighted by Gasteiger charge is -2.13. The molecule has 0 saturated heterocycles. The number of nitrogens with zero attached hydrogens (tertiary/aromatic N) is 2. The van der Waals surface area contributed by atoms with E-state index in [0.29, 0.717) is 5.56 Å². The number of esters is 1. The molecule has 0 aliphatic heterocycles. The first kappa shape index (κ1) is 20.6. The molecular weight excluding hydrogens is 350 g/mol. The summed E-state index contributed by atoms with van der Waals surface area (Å²) in [6, 6.07) is 6.25. The molecule has 0 unspecified atom stereocenters. The zero-order chi connectivity index (χ0) is 20.1. The van der Waals surface area contributed by atoms with Crippen LogP contribution >= 0.6 is 0 Å². The number of carbonyl (C=O) groups excluding carboxylic acids is 1. The molecule has 0 bridgehead atoms. The van der Waals surface area contributed by atoms with Gasteiger partial charge in [0, 0.05) is 19.2 Å². The van der Waals surface area contributed by atoms with Gasteiger partial charge in [0.25, 0.3) is 0 Å². The second-order valence-corrected chi connectivity index (χ2v) is 6.45. The standard InChI is InChI=1S/C21H24F2N2O2/c1-6-25(5)12-24-18-10-9-17(14(3)15(18)4)21(26)27-11-16-8-7-13(2)19(22)20(16)23/h7-10,12H,6,11H2,1-5H3/b24-12+. The minimum atomic E-state index is -0.986. The summed E-state index contributed by atoms with van der Waals surface area (Å²) in [4.78, 5) is 18.7. The van der Waals surface area contributed by atoms with E-state index in [-0.39, 0.29) is 17.7 Å². The van der Waals surface area contributed by atoms with Crippen LogP contribution in [0.25, 0.3) is 0 Å². The highest BCUT2D eigenvalue weighted by molar-refractivity contribution is 5.92. The van der Waals surface area contributed by atoms with Crippen molar-refractivity contribution in [1.29, 1.82) is 0 Å². The lowest BCUT2D eigenvalue weighted by atomic mass is 10.0. The molecule has 0 amide bonds. The Morgan fingerprint density at radius 1 is 1.11 bits per heavy atom. The first-order valence-corrected chi connectivity index (χ1v) is 8.71. The summed E-state index contributed by atoms with van der Waals surface area (Å²) in [5, 5.41) is 0. The molecular formula is C21H24F2N2O2. The third-order valence-corrected chi connectivity index (χ3v) is 4.59. The topological polar surface area (TPSA) is 41.9 Å². The largest absolute Gasteiger partial charge is 0.457 e. The molecule has 0 aliphatic rings. The van der Waals surface area contributed by atoms with Crippen LogP contribution in [-0.2, 0) is 11.3 Å². The molecule has 144 valence electrons. The Balaban J connectivity index is 2.16. The van der Waals surface area contributed by atoms with Crippen molar-refractivity contribution in [2.75, 3.05) is 13.6 Å². The number of rotatable bonds is 6. The SMILES string of the molecule is CCN(C)/C=N/c1ccc(C(=O)OCc2ccc(C)c(F)c2F)c(C)c1C. The van der Waals surface area contributed by atoms with E-state index >= 15 is 0 Å². The van der Waals surface area contributed by atoms with E-state index in [2.05, 4.69) is 4.99 Å². The van der Waals surface area contributed by atoms with E-state index in [0.717, 1.165) is 23.4 Å². The molecule has 6 heteroatoms. The third-order valence-electron chi connectivity index (χ3n) is 4.59. The van der Waals surface area contributed by atoms with Crippen molar-refractivity contribution < 1.29 is 18.3 Å². The molecule has 0 N–H and O–H groups in total. The van der Waals surface area contributed by atoms with Crippen molar-refractivity contribution in [1.82, 2.24) is 4.90 Å². The summed E-state index contributed by atoms with van der Waals surface area (Å²) >= 11 is 0. The normalized spacial score (nSPS) is 11.1. The Hall–Kier alpha value is -2.76. The molecule has 0 atom stereocenters. The number of halogens is 2. The Bertz CT molecular complexity index is 879. The van der Waals surface area contributed by atoms with Crippen LogP contribution in [0, 0.1) is 32.4 Å². The van der Waals surface area contributed by atoms with Gasteiger partial charge >= 0.3 is 5.97 Å². The fourth-order valence-corrected chi connectivity index (χ4v) is 2.43. The highest BCUT2D eigenvalue weighted by atomic mass is 19.2. The summed E-state index contributed by atoms with van der Waals surface area (Å²) in [5.74, 6) is -2.49. The van der Waals surface area contributed by atoms with E-state index in [9.17, 15) is 13.6 Å². The van der Waals surface area contributed by atoms with Gasteiger partial charge in [0.1, 0.15) is 6.61 Å². The third kappa shape index (κ3) is 4.70. The maximum atomic E-state index is 13.9. The maximum absolute atomic E-state index is 13.9. The highest BCUT2D eigenvalue weighted by Gasteiger charge is 2.16. The molecule has 0 radical (unpaired) electrons. The predicted octanol–water partition coefficient (Wildman–Crippen LogP) is 4.86. The average molecular weight is 374 g/mol. The van der Waals surface area contributed by atoms with Gasteiger partial charge in [0.05, 0.1) is 17.6 Å². The quantitative estimate of drug-likeness (QED) is 0.412. The fourth-order valence-electron chi connectivity index (χ4n) is 2.43. The van der Waals surface area contributed by atoms with Crippen molar-refractivity contribution in [3.63, 3.8) is 0 Å². The van der Waals surface area contributed by atoms with Crippen LogP contribution in [0.4, 0.5) is 14.5 Å². The van der Waals surface area contributed by atoms with Gasteiger partial charge in [0.15, 0.2) is 11.6 Å². The van der Waals surface area contributed by atoms with Crippen LogP contribution in [-0.4, -0.2) is 30.8 Å². The van der Waals surface area contributed by atoms with Crippen LogP contribution in [0.5, 0.6) is 0 Å². The second kappa shape index (κ2) is 8.75. The molecule has 0 saturated carbocycles. The number of aliphatic imine (C=N–C) groups is 1. The Morgan fingerprint density at radius 2 is 1.81 bits per heavy atom. The van der Waals surface area contributed by atoms with Crippen molar-refractivity contribution >= 4 is 18.0 Å². The van der Waals surface area contributed by atoms with Gasteiger partial charge in [-0.05, 0) is 56.5 Å². The predicted molar refractivity (Wildman–Crippen MR) is 103 cm³/mol. The molecule has 4 nitrogen and oxygen atoms in total. The molecule has 0 fully saturated rings. The highest BCUT2D eigenvalue weighted by Crippen LogP contribution is 2.25. The number of hydrogen-bond acceptors (Lipinski definition) is 3. The molecule has 0 aromatic heterocycles. The summed E-state index contributed by atoms with van der Waals surface area (Å²) in [6.07, 6.45) is 1.73. The van der Waals surface area contributed by atoms with Gasteiger partial charge in [-0.15, -0.1) is 0 Å². The van der Waals surface area contributed by atoms with Gasteiger partial charge in [0.2, 0.25) is 0 Å². The lowest BCUT2D eigenvalue weighted by molar-refractivity contribution is 0.0467. The first-order valence-electron chi connectivity index (χ1n) is 8.71. The van der Waals surface area contributed by atoms with Crippen molar-refractivity contribution in [3.05, 3.63) is 63.7 Å². The fraction of sp³-hybridized carbons (Fsp3) is 0.333. The Morgan fingerprint density at radius 3 is 2.48 bits per heavy atom. The van der Waals surface area contributed by atoms with Crippen molar-refractivity contribution in [2.45, 2.75) is 34.3 Å². The van der Waals surface area contributed by atoms with Crippen LogP contribution in [0.3, 0.4) is 0 Å². The van der Waals surface area contributed by atoms with Crippen LogP contribution < -0.4 is 0 Å². The van der Waals surface area contributed by atoms with E-state index in [1.807, 2.05) is 25.8 Å². The summed E-state index contributed by atoms with van der Waals surface area (Å²) < 4.78 is 32.7. The molecule has 2 aromatic carbocycles. The van der Waals surface area contributed by atoms with E-state index in [1.54, 1.807) is 25.4 Å². The van der Waals surface area contributed by atoms with Gasteiger partial charge in [-0.3, -0.25) is 0 Å². The molecule has 27 heavy (non-hydrogen) atoms. The van der Waals surface area contributed by atoms with Gasteiger partial charge < -0.3 is 9.64 Å². The Labute approximate surface area is 158 Å². The lowest BCUT2D eigenvalue weighted by Crippen LogP contribution is -2.14. The monoisotopic (exact) mass is 374 g/mol. The number of carbonyl (C=O) groups is 1. The Kier molecular flexibility index (Phi) is 6.66. The second-order valence-electron chi connectivity index (χ2n) is 6.45. The van der Waals surface area contributed by atoms with Crippen molar-refractivity contribution in [2.24, 2.45) is 4.99 Å². The molecule has 0 heterocycles. The zero-order valence-corrected chi connectivity index (χ0v) is 16.3. The summed E-state index contributed by atoms with van der Waals surface area (Å²) in [5.41, 5.74) is 2.95. The van der Waals surface area contributed by atoms with Crippen LogP contribution in [0.15, 0.2) is 29.3 Å². The smallest absolute Gasteiger partial charge is 0.338 e. The summed E-state index contributed by atoms with van der Waals surface area (Å²) in [6.45, 7) is 7.68. The minimum Gasteiger partial charge on any atom is -0.457 e. The van der Waals surface area contributed by atoms with E-state index in [1.165, 1.54) is 19.1 Å². The van der Waals surface area contributed by atoms with Gasteiger partial charge in [-0.2, -0.15) is 0 Å². The van der Waals surface area contributed by atoms with Crippen LogP contribution in [0.1, 0.15) is 39.5 Å². The van der Waals surface area contributed by atoms with Gasteiger partial charge in [-0.1, -0.05) is 12.1 Å². The van der Waals surface area contributed by atoms with Crippen molar-refractivity contribution in [3.8, 4) is 0 Å². The maximum Gasteiger partial charge on any atom is 0.338 e. The van der Waals surface area contributed by atoms with Gasteiger partial charge in [-0.25, -0.2) is 18.6 Å². The van der Waals surface area contributed by atoms with E-state index in [4.69, 9.17) is 4.74 Å². The summed E-state index contributed by atoms with van der Waals surface area (Å²) in [7, 11) is 1.92. The molecule has 0 aliphatic carbocycles.